The number of hydrogen-bond acceptors (Lipinski definition) is 1. The van der Waals surface area contributed by atoms with E-state index in [9.17, 15) is 0 Å². The molecule has 0 aromatic heterocycles. The summed E-state index contributed by atoms with van der Waals surface area (Å²) in [5, 5.41) is 0. The third kappa shape index (κ3) is 2.95. The van der Waals surface area contributed by atoms with Crippen LogP contribution in [0.5, 0.6) is 5.75 Å². The molecule has 3 aliphatic carbocycles. The summed E-state index contributed by atoms with van der Waals surface area (Å²) in [7, 11) is 1.77. The van der Waals surface area contributed by atoms with Gasteiger partial charge in [0.1, 0.15) is 5.75 Å². The molecule has 1 aromatic rings. The molecule has 3 aliphatic rings. The molecule has 0 radical (unpaired) electrons. The second-order valence-corrected chi connectivity index (χ2v) is 10.1. The lowest BCUT2D eigenvalue weighted by molar-refractivity contribution is 0.0815. The molecule has 0 heterocycles. The molecule has 1 aromatic carbocycles. The number of hydrogen-bond donors (Lipinski definition) is 0. The maximum atomic E-state index is 5.45. The lowest BCUT2D eigenvalue weighted by Gasteiger charge is -2.49. The first-order valence-corrected chi connectivity index (χ1v) is 10.5. The van der Waals surface area contributed by atoms with Crippen LogP contribution in [0.3, 0.4) is 0 Å². The quantitative estimate of drug-likeness (QED) is 0.513. The highest BCUT2D eigenvalue weighted by Gasteiger charge is 2.52. The van der Waals surface area contributed by atoms with Crippen molar-refractivity contribution in [3.05, 3.63) is 46.7 Å². The van der Waals surface area contributed by atoms with Gasteiger partial charge in [0.15, 0.2) is 0 Å². The summed E-state index contributed by atoms with van der Waals surface area (Å²) in [5.74, 6) is 3.46. The molecule has 1 heteroatoms. The van der Waals surface area contributed by atoms with E-state index in [2.05, 4.69) is 57.7 Å². The topological polar surface area (TPSA) is 9.23 Å². The summed E-state index contributed by atoms with van der Waals surface area (Å²) < 4.78 is 5.45. The van der Waals surface area contributed by atoms with Crippen molar-refractivity contribution in [3.8, 4) is 5.75 Å². The molecule has 4 unspecified atom stereocenters. The van der Waals surface area contributed by atoms with E-state index >= 15 is 0 Å². The van der Waals surface area contributed by atoms with Crippen molar-refractivity contribution in [2.75, 3.05) is 7.11 Å². The van der Waals surface area contributed by atoms with Crippen molar-refractivity contribution in [2.45, 2.75) is 72.1 Å². The number of methoxy groups -OCH3 is 1. The van der Waals surface area contributed by atoms with Crippen LogP contribution in [0.2, 0.25) is 0 Å². The van der Waals surface area contributed by atoms with E-state index in [1.165, 1.54) is 44.1 Å². The smallest absolute Gasteiger partial charge is 0.119 e. The molecular formula is C25H34O. The fraction of sp³-hybridized carbons (Fsp3) is 0.640. The van der Waals surface area contributed by atoms with Gasteiger partial charge in [0.05, 0.1) is 7.11 Å². The molecule has 1 nitrogen and oxygen atoms in total. The Morgan fingerprint density at radius 2 is 1.96 bits per heavy atom. The molecule has 0 saturated heterocycles. The van der Waals surface area contributed by atoms with Crippen LogP contribution >= 0.6 is 0 Å². The summed E-state index contributed by atoms with van der Waals surface area (Å²) in [4.78, 5) is 0. The monoisotopic (exact) mass is 350 g/mol. The molecule has 0 spiro atoms. The molecule has 140 valence electrons. The summed E-state index contributed by atoms with van der Waals surface area (Å²) in [6.45, 7) is 9.37. The normalized spacial score (nSPS) is 33.0. The standard InChI is InChI=1S/C25H34O/c1-24(2,3)14-12-18-7-11-23-22-9-6-17-16-19(26-5)8-10-20(17)21(22)13-15-25(18,23)4/h8,10,14,16,21-23H,6-7,9,11,13,15H2,1-5H3. The Labute approximate surface area is 159 Å². The third-order valence-electron chi connectivity index (χ3n) is 7.40. The molecule has 0 bridgehead atoms. The number of allylic oxidation sites excluding steroid dienone is 1. The van der Waals surface area contributed by atoms with E-state index in [4.69, 9.17) is 4.74 Å². The second-order valence-electron chi connectivity index (χ2n) is 10.1. The zero-order valence-electron chi connectivity index (χ0n) is 17.2. The van der Waals surface area contributed by atoms with Crippen LogP contribution in [0.1, 0.15) is 76.8 Å². The number of rotatable bonds is 1. The first kappa shape index (κ1) is 17.9. The van der Waals surface area contributed by atoms with Crippen molar-refractivity contribution in [1.29, 1.82) is 0 Å². The zero-order chi connectivity index (χ0) is 18.5. The van der Waals surface area contributed by atoms with Gasteiger partial charge in [-0.1, -0.05) is 33.8 Å². The number of fused-ring (bicyclic) bond motifs is 5. The van der Waals surface area contributed by atoms with Gasteiger partial charge in [-0.15, -0.1) is 5.73 Å². The Balaban J connectivity index is 1.65. The molecule has 2 saturated carbocycles. The van der Waals surface area contributed by atoms with Crippen LogP contribution in [0.25, 0.3) is 0 Å². The molecule has 0 N–H and O–H groups in total. The van der Waals surface area contributed by atoms with Crippen molar-refractivity contribution in [3.63, 3.8) is 0 Å². The van der Waals surface area contributed by atoms with Gasteiger partial charge in [0.2, 0.25) is 0 Å². The molecule has 2 fully saturated rings. The average molecular weight is 351 g/mol. The molecule has 4 atom stereocenters. The third-order valence-corrected chi connectivity index (χ3v) is 7.40. The van der Waals surface area contributed by atoms with Gasteiger partial charge in [0.25, 0.3) is 0 Å². The van der Waals surface area contributed by atoms with Crippen molar-refractivity contribution in [1.82, 2.24) is 0 Å². The highest BCUT2D eigenvalue weighted by molar-refractivity contribution is 5.41. The van der Waals surface area contributed by atoms with Crippen LogP contribution in [-0.2, 0) is 6.42 Å². The van der Waals surface area contributed by atoms with Crippen LogP contribution in [0.4, 0.5) is 0 Å². The zero-order valence-corrected chi connectivity index (χ0v) is 17.2. The molecule has 0 aliphatic heterocycles. The Morgan fingerprint density at radius 1 is 1.15 bits per heavy atom. The Hall–Kier alpha value is -1.46. The summed E-state index contributed by atoms with van der Waals surface area (Å²) in [6.07, 6.45) is 10.2. The summed E-state index contributed by atoms with van der Waals surface area (Å²) >= 11 is 0. The van der Waals surface area contributed by atoms with Gasteiger partial charge in [-0.05, 0) is 102 Å². The predicted molar refractivity (Wildman–Crippen MR) is 109 cm³/mol. The van der Waals surface area contributed by atoms with E-state index in [0.717, 1.165) is 23.5 Å². The van der Waals surface area contributed by atoms with Crippen LogP contribution in [-0.4, -0.2) is 7.11 Å². The van der Waals surface area contributed by atoms with E-state index in [1.807, 2.05) is 0 Å². The van der Waals surface area contributed by atoms with Gasteiger partial charge in [-0.25, -0.2) is 0 Å². The molecule has 0 amide bonds. The second kappa shape index (κ2) is 6.31. The SMILES string of the molecule is COc1ccc2c(c1)CCC1C2CCC2(C)C(=C=CC(C)(C)C)CCC12. The first-order valence-electron chi connectivity index (χ1n) is 10.5. The fourth-order valence-electron chi connectivity index (χ4n) is 6.04. The fourth-order valence-corrected chi connectivity index (χ4v) is 6.04. The largest absolute Gasteiger partial charge is 0.497 e. The Morgan fingerprint density at radius 3 is 2.69 bits per heavy atom. The highest BCUT2D eigenvalue weighted by Crippen LogP contribution is 2.62. The Kier molecular flexibility index (Phi) is 4.35. The van der Waals surface area contributed by atoms with E-state index in [1.54, 1.807) is 18.2 Å². The minimum atomic E-state index is 0.224. The predicted octanol–water partition coefficient (Wildman–Crippen LogP) is 6.68. The first-order chi connectivity index (χ1) is 12.3. The van der Waals surface area contributed by atoms with Gasteiger partial charge in [-0.3, -0.25) is 0 Å². The minimum Gasteiger partial charge on any atom is -0.497 e. The molecular weight excluding hydrogens is 316 g/mol. The number of ether oxygens (including phenoxy) is 1. The van der Waals surface area contributed by atoms with Crippen LogP contribution in [0, 0.1) is 22.7 Å². The summed E-state index contributed by atoms with van der Waals surface area (Å²) in [5.41, 5.74) is 9.13. The number of benzene rings is 1. The van der Waals surface area contributed by atoms with Crippen molar-refractivity contribution in [2.24, 2.45) is 22.7 Å². The molecule has 4 rings (SSSR count). The molecule has 26 heavy (non-hydrogen) atoms. The van der Waals surface area contributed by atoms with Crippen molar-refractivity contribution < 1.29 is 4.74 Å². The van der Waals surface area contributed by atoms with E-state index < -0.39 is 0 Å². The lowest BCUT2D eigenvalue weighted by Crippen LogP contribution is -2.40. The van der Waals surface area contributed by atoms with E-state index in [-0.39, 0.29) is 5.41 Å². The van der Waals surface area contributed by atoms with Crippen LogP contribution in [0.15, 0.2) is 35.6 Å². The van der Waals surface area contributed by atoms with Gasteiger partial charge in [0, 0.05) is 0 Å². The minimum absolute atomic E-state index is 0.224. The maximum absolute atomic E-state index is 5.45. The Bertz CT molecular complexity index is 759. The highest BCUT2D eigenvalue weighted by atomic mass is 16.5. The van der Waals surface area contributed by atoms with Gasteiger partial charge >= 0.3 is 0 Å². The van der Waals surface area contributed by atoms with Crippen LogP contribution < -0.4 is 4.74 Å². The lowest BCUT2D eigenvalue weighted by atomic mass is 9.55. The van der Waals surface area contributed by atoms with Gasteiger partial charge < -0.3 is 4.74 Å². The maximum Gasteiger partial charge on any atom is 0.119 e. The van der Waals surface area contributed by atoms with Crippen molar-refractivity contribution >= 4 is 0 Å². The summed E-state index contributed by atoms with van der Waals surface area (Å²) in [6, 6.07) is 6.81. The average Bonchev–Trinajstić information content (AvgIpc) is 2.95. The number of aryl methyl sites for hydroxylation is 1. The van der Waals surface area contributed by atoms with E-state index in [0.29, 0.717) is 5.41 Å². The van der Waals surface area contributed by atoms with Gasteiger partial charge in [-0.2, -0.15) is 0 Å².